The average Bonchev–Trinajstić information content (AvgIpc) is 2.62. The fraction of sp³-hybridized carbons (Fsp3) is 0.0588. The van der Waals surface area contributed by atoms with E-state index in [1.807, 2.05) is 24.3 Å². The largest absolute Gasteiger partial charge is 0.497 e. The average molecular weight is 356 g/mol. The first-order valence-corrected chi connectivity index (χ1v) is 7.65. The first-order valence-electron chi connectivity index (χ1n) is 7.24. The Morgan fingerprint density at radius 2 is 1.96 bits per heavy atom. The summed E-state index contributed by atoms with van der Waals surface area (Å²) < 4.78 is 5.08. The number of nitrogens with one attached hydrogen (secondary N) is 2. The monoisotopic (exact) mass is 356 g/mol. The molecular weight excluding hydrogens is 340 g/mol. The third-order valence-corrected chi connectivity index (χ3v) is 3.28. The lowest BCUT2D eigenvalue weighted by Crippen LogP contribution is -2.23. The number of methoxy groups -OCH3 is 1. The summed E-state index contributed by atoms with van der Waals surface area (Å²) in [6, 6.07) is 13.7. The summed E-state index contributed by atoms with van der Waals surface area (Å²) in [5.41, 5.74) is 3.99. The number of hydrazone groups is 1. The number of nitro groups is 1. The fourth-order valence-electron chi connectivity index (χ4n) is 1.91. The normalized spacial score (nSPS) is 10.8. The van der Waals surface area contributed by atoms with Crippen LogP contribution in [0.2, 0.25) is 0 Å². The number of thiocarbonyl (C=S) groups is 1. The van der Waals surface area contributed by atoms with Crippen molar-refractivity contribution in [2.24, 2.45) is 5.10 Å². The Morgan fingerprint density at radius 1 is 1.24 bits per heavy atom. The lowest BCUT2D eigenvalue weighted by Gasteiger charge is -2.07. The minimum atomic E-state index is -0.428. The highest BCUT2D eigenvalue weighted by molar-refractivity contribution is 7.80. The molecule has 0 amide bonds. The van der Waals surface area contributed by atoms with Gasteiger partial charge in [-0.1, -0.05) is 12.1 Å². The molecule has 0 atom stereocenters. The second-order valence-electron chi connectivity index (χ2n) is 4.75. The second kappa shape index (κ2) is 9.14. The standard InChI is InChI=1S/C17H16N4O3S/c1-24-15-10-8-14(9-11-15)19-17(25)20-18-12-4-6-13-5-2-3-7-16(13)21(22)23/h2-12H,1H3,(H2,19,20,25)/b6-4+,18-12+. The highest BCUT2D eigenvalue weighted by Crippen LogP contribution is 2.18. The SMILES string of the molecule is COc1ccc(NC(=S)N/N=C/C=C/c2ccccc2[N+](=O)[O-])cc1. The van der Waals surface area contributed by atoms with Crippen LogP contribution in [0.5, 0.6) is 5.75 Å². The third-order valence-electron chi connectivity index (χ3n) is 3.08. The third kappa shape index (κ3) is 5.70. The summed E-state index contributed by atoms with van der Waals surface area (Å²) in [7, 11) is 1.60. The van der Waals surface area contributed by atoms with Gasteiger partial charge in [-0.05, 0) is 54.7 Å². The van der Waals surface area contributed by atoms with Crippen LogP contribution in [-0.2, 0) is 0 Å². The van der Waals surface area contributed by atoms with Crippen LogP contribution in [0.1, 0.15) is 5.56 Å². The molecule has 0 aliphatic heterocycles. The van der Waals surface area contributed by atoms with Crippen LogP contribution in [0.15, 0.2) is 59.7 Å². The highest BCUT2D eigenvalue weighted by atomic mass is 32.1. The number of nitrogens with zero attached hydrogens (tertiary/aromatic N) is 2. The van der Waals surface area contributed by atoms with Gasteiger partial charge in [0, 0.05) is 18.0 Å². The van der Waals surface area contributed by atoms with Gasteiger partial charge in [-0.3, -0.25) is 15.5 Å². The molecule has 0 unspecified atom stereocenters. The lowest BCUT2D eigenvalue weighted by atomic mass is 10.2. The van der Waals surface area contributed by atoms with E-state index in [2.05, 4.69) is 15.8 Å². The topological polar surface area (TPSA) is 88.8 Å². The molecule has 2 aromatic carbocycles. The Hall–Kier alpha value is -3.26. The molecule has 128 valence electrons. The first kappa shape index (κ1) is 18.1. The maximum atomic E-state index is 10.9. The van der Waals surface area contributed by atoms with Crippen LogP contribution in [-0.4, -0.2) is 23.4 Å². The van der Waals surface area contributed by atoms with Crippen LogP contribution < -0.4 is 15.5 Å². The molecule has 0 aromatic heterocycles. The minimum absolute atomic E-state index is 0.0387. The van der Waals surface area contributed by atoms with Crippen LogP contribution in [0, 0.1) is 10.1 Å². The van der Waals surface area contributed by atoms with Gasteiger partial charge in [0.05, 0.1) is 17.6 Å². The molecule has 0 fully saturated rings. The minimum Gasteiger partial charge on any atom is -0.497 e. The van der Waals surface area contributed by atoms with E-state index in [9.17, 15) is 10.1 Å². The quantitative estimate of drug-likeness (QED) is 0.356. The fourth-order valence-corrected chi connectivity index (χ4v) is 2.08. The zero-order chi connectivity index (χ0) is 18.1. The number of hydrogen-bond acceptors (Lipinski definition) is 5. The zero-order valence-electron chi connectivity index (χ0n) is 13.4. The van der Waals surface area contributed by atoms with Crippen molar-refractivity contribution in [3.8, 4) is 5.75 Å². The molecule has 0 radical (unpaired) electrons. The number of para-hydroxylation sites is 1. The molecule has 0 saturated carbocycles. The number of nitro benzene ring substituents is 1. The molecule has 0 bridgehead atoms. The predicted octanol–water partition coefficient (Wildman–Crippen LogP) is 3.59. The van der Waals surface area contributed by atoms with Gasteiger partial charge in [-0.15, -0.1) is 0 Å². The molecule has 2 N–H and O–H groups in total. The summed E-state index contributed by atoms with van der Waals surface area (Å²) in [5, 5.41) is 18.1. The number of hydrogen-bond donors (Lipinski definition) is 2. The van der Waals surface area contributed by atoms with E-state index < -0.39 is 4.92 Å². The summed E-state index contributed by atoms with van der Waals surface area (Å²) in [6.07, 6.45) is 4.65. The molecule has 0 aliphatic rings. The van der Waals surface area contributed by atoms with E-state index >= 15 is 0 Å². The van der Waals surface area contributed by atoms with Gasteiger partial charge in [-0.2, -0.15) is 5.10 Å². The Kier molecular flexibility index (Phi) is 6.61. The van der Waals surface area contributed by atoms with Crippen molar-refractivity contribution in [1.29, 1.82) is 0 Å². The zero-order valence-corrected chi connectivity index (χ0v) is 14.2. The van der Waals surface area contributed by atoms with Gasteiger partial charge in [0.15, 0.2) is 5.11 Å². The molecule has 0 saturated heterocycles. The Morgan fingerprint density at radius 3 is 2.64 bits per heavy atom. The predicted molar refractivity (Wildman–Crippen MR) is 103 cm³/mol. The Labute approximate surface area is 150 Å². The smallest absolute Gasteiger partial charge is 0.276 e. The van der Waals surface area contributed by atoms with Crippen molar-refractivity contribution >= 4 is 41.0 Å². The number of rotatable bonds is 6. The van der Waals surface area contributed by atoms with Gasteiger partial charge in [-0.25, -0.2) is 0 Å². The van der Waals surface area contributed by atoms with Crippen molar-refractivity contribution in [2.45, 2.75) is 0 Å². The maximum Gasteiger partial charge on any atom is 0.276 e. The molecular formula is C17H16N4O3S. The van der Waals surface area contributed by atoms with Crippen molar-refractivity contribution in [3.63, 3.8) is 0 Å². The Bertz CT molecular complexity index is 804. The van der Waals surface area contributed by atoms with Crippen molar-refractivity contribution < 1.29 is 9.66 Å². The highest BCUT2D eigenvalue weighted by Gasteiger charge is 2.08. The van der Waals surface area contributed by atoms with E-state index in [0.717, 1.165) is 11.4 Å². The summed E-state index contributed by atoms with van der Waals surface area (Å²) in [5.74, 6) is 0.752. The van der Waals surface area contributed by atoms with Crippen LogP contribution in [0.3, 0.4) is 0 Å². The molecule has 0 heterocycles. The van der Waals surface area contributed by atoms with E-state index in [4.69, 9.17) is 17.0 Å². The van der Waals surface area contributed by atoms with E-state index in [-0.39, 0.29) is 5.69 Å². The van der Waals surface area contributed by atoms with Crippen LogP contribution in [0.4, 0.5) is 11.4 Å². The number of benzene rings is 2. The van der Waals surface area contributed by atoms with Gasteiger partial charge in [0.25, 0.3) is 5.69 Å². The molecule has 25 heavy (non-hydrogen) atoms. The Balaban J connectivity index is 1.86. The van der Waals surface area contributed by atoms with E-state index in [0.29, 0.717) is 10.7 Å². The molecule has 0 spiro atoms. The van der Waals surface area contributed by atoms with Gasteiger partial charge in [0.1, 0.15) is 5.75 Å². The van der Waals surface area contributed by atoms with Crippen LogP contribution >= 0.6 is 12.2 Å². The van der Waals surface area contributed by atoms with Crippen molar-refractivity contribution in [1.82, 2.24) is 5.43 Å². The van der Waals surface area contributed by atoms with Gasteiger partial charge < -0.3 is 10.1 Å². The summed E-state index contributed by atoms with van der Waals surface area (Å²) in [6.45, 7) is 0. The summed E-state index contributed by atoms with van der Waals surface area (Å²) in [4.78, 5) is 10.5. The number of anilines is 1. The number of ether oxygens (including phenoxy) is 1. The van der Waals surface area contributed by atoms with E-state index in [1.165, 1.54) is 12.3 Å². The molecule has 2 aromatic rings. The summed E-state index contributed by atoms with van der Waals surface area (Å²) >= 11 is 5.11. The number of allylic oxidation sites excluding steroid dienone is 1. The van der Waals surface area contributed by atoms with Crippen molar-refractivity contribution in [3.05, 3.63) is 70.3 Å². The van der Waals surface area contributed by atoms with Gasteiger partial charge in [0.2, 0.25) is 0 Å². The first-order chi connectivity index (χ1) is 12.1. The molecule has 0 aliphatic carbocycles. The lowest BCUT2D eigenvalue weighted by molar-refractivity contribution is -0.385. The van der Waals surface area contributed by atoms with Crippen LogP contribution in [0.25, 0.3) is 6.08 Å². The molecule has 2 rings (SSSR count). The van der Waals surface area contributed by atoms with Gasteiger partial charge >= 0.3 is 0 Å². The molecule has 7 nitrogen and oxygen atoms in total. The molecule has 8 heteroatoms. The van der Waals surface area contributed by atoms with Crippen molar-refractivity contribution in [2.75, 3.05) is 12.4 Å². The van der Waals surface area contributed by atoms with E-state index in [1.54, 1.807) is 37.5 Å². The maximum absolute atomic E-state index is 10.9. The second-order valence-corrected chi connectivity index (χ2v) is 5.16.